The first-order valence-electron chi connectivity index (χ1n) is 5.87. The average molecular weight is 264 g/mol. The molecule has 1 heterocycles. The maximum absolute atomic E-state index is 13.3. The summed E-state index contributed by atoms with van der Waals surface area (Å²) >= 11 is 0. The molecule has 0 bridgehead atoms. The minimum Gasteiger partial charge on any atom is -0.384 e. The Labute approximate surface area is 109 Å². The van der Waals surface area contributed by atoms with Gasteiger partial charge in [-0.25, -0.2) is 18.7 Å². The molecule has 2 rings (SSSR count). The lowest BCUT2D eigenvalue weighted by Crippen LogP contribution is -2.19. The van der Waals surface area contributed by atoms with E-state index in [0.29, 0.717) is 36.7 Å². The Kier molecular flexibility index (Phi) is 4.35. The van der Waals surface area contributed by atoms with E-state index >= 15 is 0 Å². The molecule has 1 aromatic heterocycles. The Hall–Kier alpha value is -2.08. The number of benzene rings is 1. The van der Waals surface area contributed by atoms with Crippen molar-refractivity contribution in [2.45, 2.75) is 13.0 Å². The number of aromatic nitrogens is 2. The van der Waals surface area contributed by atoms with Crippen LogP contribution < -0.4 is 11.1 Å². The first-order chi connectivity index (χ1) is 9.15. The molecular formula is C13H14F2N4. The summed E-state index contributed by atoms with van der Waals surface area (Å²) in [6, 6.07) is 5.04. The van der Waals surface area contributed by atoms with Gasteiger partial charge in [-0.15, -0.1) is 0 Å². The van der Waals surface area contributed by atoms with E-state index in [1.54, 1.807) is 12.3 Å². The Morgan fingerprint density at radius 3 is 2.84 bits per heavy atom. The summed E-state index contributed by atoms with van der Waals surface area (Å²) in [5.74, 6) is 0.140. The maximum Gasteiger partial charge on any atom is 0.144 e. The van der Waals surface area contributed by atoms with Gasteiger partial charge >= 0.3 is 0 Å². The van der Waals surface area contributed by atoms with Gasteiger partial charge in [-0.1, -0.05) is 0 Å². The van der Waals surface area contributed by atoms with Crippen LogP contribution in [0.2, 0.25) is 0 Å². The molecule has 0 radical (unpaired) electrons. The van der Waals surface area contributed by atoms with E-state index in [9.17, 15) is 8.78 Å². The van der Waals surface area contributed by atoms with Crippen molar-refractivity contribution in [3.63, 3.8) is 0 Å². The monoisotopic (exact) mass is 264 g/mol. The molecule has 0 aliphatic rings. The standard InChI is InChI=1S/C13H14F2N4/c14-10-1-2-11(15)9(7-10)3-5-17-8-13-18-6-4-12(16)19-13/h1-2,4,6-7,17H,3,5,8H2,(H2,16,18,19). The molecule has 0 saturated carbocycles. The minimum atomic E-state index is -0.435. The second-order valence-corrected chi connectivity index (χ2v) is 4.06. The largest absolute Gasteiger partial charge is 0.384 e. The van der Waals surface area contributed by atoms with Crippen molar-refractivity contribution in [3.8, 4) is 0 Å². The summed E-state index contributed by atoms with van der Waals surface area (Å²) in [5, 5.41) is 3.05. The van der Waals surface area contributed by atoms with Gasteiger partial charge in [0.1, 0.15) is 23.3 Å². The van der Waals surface area contributed by atoms with E-state index in [4.69, 9.17) is 5.73 Å². The average Bonchev–Trinajstić information content (AvgIpc) is 2.39. The highest BCUT2D eigenvalue weighted by molar-refractivity contribution is 5.25. The zero-order valence-electron chi connectivity index (χ0n) is 10.2. The third kappa shape index (κ3) is 3.96. The molecule has 0 atom stereocenters. The number of nitrogens with zero attached hydrogens (tertiary/aromatic N) is 2. The molecule has 0 unspecified atom stereocenters. The van der Waals surface area contributed by atoms with Gasteiger partial charge in [0.05, 0.1) is 6.54 Å². The van der Waals surface area contributed by atoms with E-state index in [2.05, 4.69) is 15.3 Å². The van der Waals surface area contributed by atoms with E-state index in [0.717, 1.165) is 12.1 Å². The number of rotatable bonds is 5. The van der Waals surface area contributed by atoms with Crippen molar-refractivity contribution in [1.29, 1.82) is 0 Å². The summed E-state index contributed by atoms with van der Waals surface area (Å²) in [4.78, 5) is 8.05. The molecule has 3 N–H and O–H groups in total. The molecule has 100 valence electrons. The Balaban J connectivity index is 1.82. The van der Waals surface area contributed by atoms with Crippen LogP contribution in [0.4, 0.5) is 14.6 Å². The van der Waals surface area contributed by atoms with Gasteiger partial charge in [-0.05, 0) is 42.8 Å². The second-order valence-electron chi connectivity index (χ2n) is 4.06. The van der Waals surface area contributed by atoms with E-state index < -0.39 is 11.6 Å². The van der Waals surface area contributed by atoms with E-state index in [1.165, 1.54) is 6.07 Å². The lowest BCUT2D eigenvalue weighted by atomic mass is 10.1. The molecule has 1 aromatic carbocycles. The summed E-state index contributed by atoms with van der Waals surface area (Å²) < 4.78 is 26.3. The number of nitrogen functional groups attached to an aromatic ring is 1. The van der Waals surface area contributed by atoms with Crippen molar-refractivity contribution in [2.75, 3.05) is 12.3 Å². The Bertz CT molecular complexity index is 560. The van der Waals surface area contributed by atoms with E-state index in [-0.39, 0.29) is 0 Å². The number of hydrogen-bond donors (Lipinski definition) is 2. The number of nitrogens with two attached hydrogens (primary N) is 1. The van der Waals surface area contributed by atoms with Crippen LogP contribution in [0.25, 0.3) is 0 Å². The molecular weight excluding hydrogens is 250 g/mol. The van der Waals surface area contributed by atoms with Gasteiger partial charge < -0.3 is 11.1 Å². The molecule has 0 spiro atoms. The molecule has 6 heteroatoms. The second kappa shape index (κ2) is 6.19. The topological polar surface area (TPSA) is 63.8 Å². The third-order valence-electron chi connectivity index (χ3n) is 2.59. The number of hydrogen-bond acceptors (Lipinski definition) is 4. The highest BCUT2D eigenvalue weighted by Gasteiger charge is 2.03. The van der Waals surface area contributed by atoms with Crippen molar-refractivity contribution in [1.82, 2.24) is 15.3 Å². The van der Waals surface area contributed by atoms with Crippen LogP contribution in [0.5, 0.6) is 0 Å². The van der Waals surface area contributed by atoms with Gasteiger partial charge in [0.25, 0.3) is 0 Å². The van der Waals surface area contributed by atoms with Crippen LogP contribution in [-0.2, 0) is 13.0 Å². The first-order valence-corrected chi connectivity index (χ1v) is 5.87. The molecule has 2 aromatic rings. The van der Waals surface area contributed by atoms with Crippen LogP contribution in [-0.4, -0.2) is 16.5 Å². The molecule has 19 heavy (non-hydrogen) atoms. The zero-order chi connectivity index (χ0) is 13.7. The number of halogens is 2. The fourth-order valence-corrected chi connectivity index (χ4v) is 1.66. The Morgan fingerprint density at radius 2 is 2.05 bits per heavy atom. The first kappa shape index (κ1) is 13.4. The smallest absolute Gasteiger partial charge is 0.144 e. The van der Waals surface area contributed by atoms with Gasteiger partial charge in [0.15, 0.2) is 0 Å². The van der Waals surface area contributed by atoms with Crippen molar-refractivity contribution in [3.05, 3.63) is 53.5 Å². The lowest BCUT2D eigenvalue weighted by molar-refractivity contribution is 0.575. The lowest BCUT2D eigenvalue weighted by Gasteiger charge is -2.05. The fraction of sp³-hybridized carbons (Fsp3) is 0.231. The fourth-order valence-electron chi connectivity index (χ4n) is 1.66. The predicted molar refractivity (Wildman–Crippen MR) is 68.2 cm³/mol. The number of nitrogens with one attached hydrogen (secondary N) is 1. The summed E-state index contributed by atoms with van der Waals surface area (Å²) in [6.45, 7) is 0.931. The minimum absolute atomic E-state index is 0.348. The van der Waals surface area contributed by atoms with Crippen LogP contribution in [0, 0.1) is 11.6 Å². The molecule has 0 amide bonds. The van der Waals surface area contributed by atoms with Crippen molar-refractivity contribution >= 4 is 5.82 Å². The molecule has 0 aliphatic carbocycles. The van der Waals surface area contributed by atoms with Gasteiger partial charge in [-0.3, -0.25) is 0 Å². The summed E-state index contributed by atoms with van der Waals surface area (Å²) in [6.07, 6.45) is 1.97. The predicted octanol–water partition coefficient (Wildman–Crippen LogP) is 1.67. The van der Waals surface area contributed by atoms with Crippen LogP contribution in [0.15, 0.2) is 30.5 Å². The SMILES string of the molecule is Nc1ccnc(CNCCc2cc(F)ccc2F)n1. The molecule has 0 fully saturated rings. The normalized spacial score (nSPS) is 10.6. The quantitative estimate of drug-likeness (QED) is 0.806. The van der Waals surface area contributed by atoms with Gasteiger partial charge in [0.2, 0.25) is 0 Å². The van der Waals surface area contributed by atoms with Gasteiger partial charge in [-0.2, -0.15) is 0 Å². The Morgan fingerprint density at radius 1 is 1.21 bits per heavy atom. The molecule has 4 nitrogen and oxygen atoms in total. The van der Waals surface area contributed by atoms with Crippen molar-refractivity contribution < 1.29 is 8.78 Å². The van der Waals surface area contributed by atoms with Crippen LogP contribution in [0.3, 0.4) is 0 Å². The molecule has 0 saturated heterocycles. The summed E-state index contributed by atoms with van der Waals surface area (Å²) in [7, 11) is 0. The van der Waals surface area contributed by atoms with Crippen LogP contribution in [0.1, 0.15) is 11.4 Å². The zero-order valence-corrected chi connectivity index (χ0v) is 10.2. The third-order valence-corrected chi connectivity index (χ3v) is 2.59. The maximum atomic E-state index is 13.3. The van der Waals surface area contributed by atoms with Gasteiger partial charge in [0, 0.05) is 6.20 Å². The number of anilines is 1. The van der Waals surface area contributed by atoms with Crippen molar-refractivity contribution in [2.24, 2.45) is 0 Å². The highest BCUT2D eigenvalue weighted by atomic mass is 19.1. The molecule has 0 aliphatic heterocycles. The van der Waals surface area contributed by atoms with Crippen LogP contribution >= 0.6 is 0 Å². The van der Waals surface area contributed by atoms with E-state index in [1.807, 2.05) is 0 Å². The summed E-state index contributed by atoms with van der Waals surface area (Å²) in [5.41, 5.74) is 5.87. The highest BCUT2D eigenvalue weighted by Crippen LogP contribution is 2.09.